The van der Waals surface area contributed by atoms with Crippen LogP contribution < -0.4 is 15.0 Å². The topological polar surface area (TPSA) is 50.3 Å². The largest absolute Gasteiger partial charge is 0.478 e. The summed E-state index contributed by atoms with van der Waals surface area (Å²) in [5.41, 5.74) is 0.434. The molecule has 1 unspecified atom stereocenters. The third kappa shape index (κ3) is 4.11. The summed E-state index contributed by atoms with van der Waals surface area (Å²) in [5.74, 6) is 1.49. The molecule has 2 fully saturated rings. The summed E-state index contributed by atoms with van der Waals surface area (Å²) in [4.78, 5) is 11.2. The zero-order chi connectivity index (χ0) is 13.1. The second-order valence-corrected chi connectivity index (χ2v) is 5.58. The molecule has 3 rings (SSSR count). The van der Waals surface area contributed by atoms with Crippen LogP contribution in [0.25, 0.3) is 0 Å². The number of nitrogens with one attached hydrogen (secondary N) is 1. The molecule has 2 saturated heterocycles. The zero-order valence-corrected chi connectivity index (χ0v) is 14.0. The van der Waals surface area contributed by atoms with E-state index in [-0.39, 0.29) is 24.8 Å². The van der Waals surface area contributed by atoms with Gasteiger partial charge in [-0.1, -0.05) is 0 Å². The van der Waals surface area contributed by atoms with Gasteiger partial charge in [-0.3, -0.25) is 0 Å². The summed E-state index contributed by atoms with van der Waals surface area (Å²) >= 11 is 0. The number of piperidine rings is 1. The summed E-state index contributed by atoms with van der Waals surface area (Å²) in [5, 5.41) is 3.49. The number of anilines is 1. The molecule has 0 bridgehead atoms. The van der Waals surface area contributed by atoms with Gasteiger partial charge in [0.05, 0.1) is 6.61 Å². The molecule has 2 aliphatic rings. The van der Waals surface area contributed by atoms with Crippen LogP contribution in [-0.4, -0.2) is 42.8 Å². The molecule has 0 aromatic carbocycles. The summed E-state index contributed by atoms with van der Waals surface area (Å²) < 4.78 is 5.46. The second kappa shape index (κ2) is 8.01. The number of hydrogen-bond donors (Lipinski definition) is 1. The maximum atomic E-state index is 5.46. The first-order valence-electron chi connectivity index (χ1n) is 7.23. The van der Waals surface area contributed by atoms with Crippen molar-refractivity contribution >= 4 is 30.8 Å². The van der Waals surface area contributed by atoms with Crippen molar-refractivity contribution in [1.82, 2.24) is 15.3 Å². The van der Waals surface area contributed by atoms with Crippen molar-refractivity contribution in [2.24, 2.45) is 5.41 Å². The van der Waals surface area contributed by atoms with Crippen molar-refractivity contribution in [3.63, 3.8) is 0 Å². The molecule has 1 aromatic rings. The highest BCUT2D eigenvalue weighted by Gasteiger charge is 2.38. The van der Waals surface area contributed by atoms with E-state index >= 15 is 0 Å². The molecule has 2 aliphatic heterocycles. The maximum absolute atomic E-state index is 5.46. The molecular weight excluding hydrogens is 311 g/mol. The molecule has 3 heterocycles. The predicted octanol–water partition coefficient (Wildman–Crippen LogP) is 2.30. The minimum Gasteiger partial charge on any atom is -0.478 e. The Kier molecular flexibility index (Phi) is 6.97. The van der Waals surface area contributed by atoms with Gasteiger partial charge in [0, 0.05) is 37.3 Å². The summed E-state index contributed by atoms with van der Waals surface area (Å²) in [7, 11) is 0. The van der Waals surface area contributed by atoms with Crippen molar-refractivity contribution in [2.75, 3.05) is 37.7 Å². The number of halogens is 2. The average molecular weight is 335 g/mol. The summed E-state index contributed by atoms with van der Waals surface area (Å²) in [6.07, 6.45) is 5.61. The third-order valence-electron chi connectivity index (χ3n) is 4.19. The lowest BCUT2D eigenvalue weighted by Crippen LogP contribution is -2.45. The Morgan fingerprint density at radius 1 is 1.38 bits per heavy atom. The van der Waals surface area contributed by atoms with Gasteiger partial charge in [0.15, 0.2) is 0 Å². The standard InChI is InChI=1S/C14H22N4O.2ClH/c1-2-19-12-4-7-16-13(17-12)18-9-3-5-14(11-18)6-8-15-10-14;;/h4,7,15H,2-3,5-6,8-11H2,1H3;2*1H. The highest BCUT2D eigenvalue weighted by molar-refractivity contribution is 5.85. The van der Waals surface area contributed by atoms with Crippen molar-refractivity contribution in [3.8, 4) is 5.88 Å². The van der Waals surface area contributed by atoms with Gasteiger partial charge in [0.25, 0.3) is 0 Å². The van der Waals surface area contributed by atoms with E-state index in [0.29, 0.717) is 17.9 Å². The van der Waals surface area contributed by atoms with Gasteiger partial charge < -0.3 is 15.0 Å². The van der Waals surface area contributed by atoms with Crippen LogP contribution >= 0.6 is 24.8 Å². The van der Waals surface area contributed by atoms with Crippen LogP contribution in [0, 0.1) is 5.41 Å². The molecule has 120 valence electrons. The molecule has 1 aromatic heterocycles. The predicted molar refractivity (Wildman–Crippen MR) is 89.1 cm³/mol. The van der Waals surface area contributed by atoms with Crippen molar-refractivity contribution < 1.29 is 4.74 Å². The van der Waals surface area contributed by atoms with Crippen LogP contribution in [0.5, 0.6) is 5.88 Å². The molecule has 0 aliphatic carbocycles. The van der Waals surface area contributed by atoms with Crippen molar-refractivity contribution in [3.05, 3.63) is 12.3 Å². The lowest BCUT2D eigenvalue weighted by Gasteiger charge is -2.40. The molecule has 1 N–H and O–H groups in total. The first-order valence-corrected chi connectivity index (χ1v) is 7.23. The Morgan fingerprint density at radius 3 is 2.95 bits per heavy atom. The van der Waals surface area contributed by atoms with Gasteiger partial charge in [-0.05, 0) is 32.7 Å². The van der Waals surface area contributed by atoms with E-state index in [9.17, 15) is 0 Å². The normalized spacial score (nSPS) is 24.3. The van der Waals surface area contributed by atoms with Gasteiger partial charge in [0.2, 0.25) is 11.8 Å². The van der Waals surface area contributed by atoms with E-state index in [0.717, 1.165) is 32.1 Å². The number of nitrogens with zero attached hydrogens (tertiary/aromatic N) is 3. The van der Waals surface area contributed by atoms with E-state index in [1.165, 1.54) is 19.3 Å². The summed E-state index contributed by atoms with van der Waals surface area (Å²) in [6, 6.07) is 1.82. The third-order valence-corrected chi connectivity index (χ3v) is 4.19. The minimum atomic E-state index is 0. The van der Waals surface area contributed by atoms with E-state index < -0.39 is 0 Å². The van der Waals surface area contributed by atoms with E-state index in [2.05, 4.69) is 20.2 Å². The molecule has 0 radical (unpaired) electrons. The fourth-order valence-corrected chi connectivity index (χ4v) is 3.24. The first-order chi connectivity index (χ1) is 9.31. The van der Waals surface area contributed by atoms with Gasteiger partial charge in [0.1, 0.15) is 0 Å². The van der Waals surface area contributed by atoms with Crippen LogP contribution in [0.4, 0.5) is 5.95 Å². The fourth-order valence-electron chi connectivity index (χ4n) is 3.24. The molecule has 5 nitrogen and oxygen atoms in total. The monoisotopic (exact) mass is 334 g/mol. The quantitative estimate of drug-likeness (QED) is 0.919. The molecule has 0 amide bonds. The van der Waals surface area contributed by atoms with E-state index in [4.69, 9.17) is 4.74 Å². The lowest BCUT2D eigenvalue weighted by atomic mass is 9.79. The van der Waals surface area contributed by atoms with Gasteiger partial charge in [-0.25, -0.2) is 4.98 Å². The average Bonchev–Trinajstić information content (AvgIpc) is 2.87. The summed E-state index contributed by atoms with van der Waals surface area (Å²) in [6.45, 7) is 7.02. The molecule has 1 spiro atoms. The van der Waals surface area contributed by atoms with E-state index in [1.54, 1.807) is 6.20 Å². The van der Waals surface area contributed by atoms with Crippen LogP contribution in [0.2, 0.25) is 0 Å². The second-order valence-electron chi connectivity index (χ2n) is 5.58. The minimum absolute atomic E-state index is 0. The first kappa shape index (κ1) is 18.3. The maximum Gasteiger partial charge on any atom is 0.228 e. The Bertz CT molecular complexity index is 441. The van der Waals surface area contributed by atoms with Crippen LogP contribution in [0.1, 0.15) is 26.2 Å². The SMILES string of the molecule is CCOc1ccnc(N2CCCC3(CCNC3)C2)n1.Cl.Cl. The van der Waals surface area contributed by atoms with Gasteiger partial charge in [-0.2, -0.15) is 4.98 Å². The number of rotatable bonds is 3. The Morgan fingerprint density at radius 2 is 2.24 bits per heavy atom. The Hall–Kier alpha value is -0.780. The zero-order valence-electron chi connectivity index (χ0n) is 12.4. The van der Waals surface area contributed by atoms with Gasteiger partial charge in [-0.15, -0.1) is 24.8 Å². The molecule has 21 heavy (non-hydrogen) atoms. The lowest BCUT2D eigenvalue weighted by molar-refractivity contribution is 0.258. The number of aromatic nitrogens is 2. The van der Waals surface area contributed by atoms with Crippen LogP contribution in [0.15, 0.2) is 12.3 Å². The number of hydrogen-bond acceptors (Lipinski definition) is 5. The highest BCUT2D eigenvalue weighted by Crippen LogP contribution is 2.36. The Balaban J connectivity index is 0.00000110. The van der Waals surface area contributed by atoms with Crippen molar-refractivity contribution in [2.45, 2.75) is 26.2 Å². The van der Waals surface area contributed by atoms with Gasteiger partial charge >= 0.3 is 0 Å². The highest BCUT2D eigenvalue weighted by atomic mass is 35.5. The van der Waals surface area contributed by atoms with Crippen LogP contribution in [-0.2, 0) is 0 Å². The molecular formula is C14H24Cl2N4O. The van der Waals surface area contributed by atoms with Crippen molar-refractivity contribution in [1.29, 1.82) is 0 Å². The molecule has 1 atom stereocenters. The Labute approximate surface area is 138 Å². The fraction of sp³-hybridized carbons (Fsp3) is 0.714. The molecule has 7 heteroatoms. The smallest absolute Gasteiger partial charge is 0.228 e. The van der Waals surface area contributed by atoms with E-state index in [1.807, 2.05) is 13.0 Å². The van der Waals surface area contributed by atoms with Crippen LogP contribution in [0.3, 0.4) is 0 Å². The molecule has 0 saturated carbocycles. The number of ether oxygens (including phenoxy) is 1.